The summed E-state index contributed by atoms with van der Waals surface area (Å²) in [6.45, 7) is 4.58. The number of nitrogens with zero attached hydrogens (tertiary/aromatic N) is 1. The Morgan fingerprint density at radius 1 is 1.38 bits per heavy atom. The van der Waals surface area contributed by atoms with Gasteiger partial charge in [0.15, 0.2) is 0 Å². The van der Waals surface area contributed by atoms with Crippen LogP contribution in [0.2, 0.25) is 0 Å². The number of hydrogen-bond acceptors (Lipinski definition) is 1. The molecule has 0 heterocycles. The highest BCUT2D eigenvalue weighted by atomic mass is 14.4. The van der Waals surface area contributed by atoms with Gasteiger partial charge >= 0.3 is 0 Å². The third kappa shape index (κ3) is 2.24. The lowest BCUT2D eigenvalue weighted by molar-refractivity contribution is 0.175. The zero-order chi connectivity index (χ0) is 9.73. The zero-order valence-electron chi connectivity index (χ0n) is 8.97. The number of hydrogen-bond donors (Lipinski definition) is 0. The molecule has 0 bridgehead atoms. The van der Waals surface area contributed by atoms with Crippen LogP contribution in [0.3, 0.4) is 0 Å². The molecule has 0 aliphatic heterocycles. The Balaban J connectivity index is 2.61. The van der Waals surface area contributed by atoms with E-state index in [1.165, 1.54) is 38.5 Å². The van der Waals surface area contributed by atoms with Gasteiger partial charge in [0.05, 0.1) is 6.07 Å². The van der Waals surface area contributed by atoms with Crippen LogP contribution in [-0.2, 0) is 0 Å². The van der Waals surface area contributed by atoms with Crippen LogP contribution < -0.4 is 0 Å². The van der Waals surface area contributed by atoms with Crippen LogP contribution in [0.15, 0.2) is 0 Å². The average molecular weight is 179 g/mol. The third-order valence-electron chi connectivity index (χ3n) is 3.80. The molecule has 13 heavy (non-hydrogen) atoms. The predicted octanol–water partition coefficient (Wildman–Crippen LogP) is 3.90. The van der Waals surface area contributed by atoms with E-state index in [0.29, 0.717) is 5.41 Å². The van der Waals surface area contributed by atoms with E-state index in [0.717, 1.165) is 12.3 Å². The van der Waals surface area contributed by atoms with Crippen LogP contribution in [0.1, 0.15) is 58.8 Å². The minimum absolute atomic E-state index is 0.394. The molecule has 0 aromatic heterocycles. The highest BCUT2D eigenvalue weighted by molar-refractivity contribution is 4.95. The first-order valence-electron chi connectivity index (χ1n) is 5.62. The van der Waals surface area contributed by atoms with Gasteiger partial charge in [0.1, 0.15) is 0 Å². The van der Waals surface area contributed by atoms with Crippen molar-refractivity contribution in [3.05, 3.63) is 0 Å². The number of nitriles is 1. The first-order chi connectivity index (χ1) is 6.25. The van der Waals surface area contributed by atoms with Crippen LogP contribution in [-0.4, -0.2) is 0 Å². The van der Waals surface area contributed by atoms with Crippen molar-refractivity contribution in [1.82, 2.24) is 0 Å². The van der Waals surface area contributed by atoms with Crippen molar-refractivity contribution in [3.8, 4) is 6.07 Å². The summed E-state index contributed by atoms with van der Waals surface area (Å²) in [4.78, 5) is 0. The summed E-state index contributed by atoms with van der Waals surface area (Å²) >= 11 is 0. The van der Waals surface area contributed by atoms with E-state index in [9.17, 15) is 0 Å². The Hall–Kier alpha value is -0.510. The summed E-state index contributed by atoms with van der Waals surface area (Å²) in [7, 11) is 0. The second-order valence-electron chi connectivity index (χ2n) is 4.59. The second-order valence-corrected chi connectivity index (χ2v) is 4.59. The minimum atomic E-state index is 0.394. The molecule has 0 radical (unpaired) electrons. The molecule has 1 aliphatic carbocycles. The minimum Gasteiger partial charge on any atom is -0.198 e. The molecule has 0 aromatic rings. The van der Waals surface area contributed by atoms with Crippen molar-refractivity contribution < 1.29 is 0 Å². The lowest BCUT2D eigenvalue weighted by Gasteiger charge is -2.33. The molecule has 1 heteroatoms. The van der Waals surface area contributed by atoms with Crippen molar-refractivity contribution in [2.24, 2.45) is 11.3 Å². The van der Waals surface area contributed by atoms with Crippen LogP contribution in [0, 0.1) is 22.7 Å². The molecule has 1 atom stereocenters. The molecule has 0 aromatic carbocycles. The Bertz CT molecular complexity index is 184. The first-order valence-corrected chi connectivity index (χ1v) is 5.62. The number of rotatable bonds is 4. The third-order valence-corrected chi connectivity index (χ3v) is 3.80. The molecule has 0 N–H and O–H groups in total. The molecular weight excluding hydrogens is 158 g/mol. The van der Waals surface area contributed by atoms with Crippen LogP contribution in [0.4, 0.5) is 0 Å². The van der Waals surface area contributed by atoms with Crippen LogP contribution in [0.25, 0.3) is 0 Å². The highest BCUT2D eigenvalue weighted by Crippen LogP contribution is 2.48. The molecule has 1 rings (SSSR count). The van der Waals surface area contributed by atoms with Gasteiger partial charge in [0.2, 0.25) is 0 Å². The van der Waals surface area contributed by atoms with E-state index in [1.54, 1.807) is 0 Å². The topological polar surface area (TPSA) is 23.8 Å². The fraction of sp³-hybridized carbons (Fsp3) is 0.917. The Labute approximate surface area is 82.1 Å². The van der Waals surface area contributed by atoms with Gasteiger partial charge in [0, 0.05) is 6.42 Å². The van der Waals surface area contributed by atoms with Crippen LogP contribution in [0.5, 0.6) is 0 Å². The summed E-state index contributed by atoms with van der Waals surface area (Å²) in [6, 6.07) is 2.39. The monoisotopic (exact) mass is 179 g/mol. The summed E-state index contributed by atoms with van der Waals surface area (Å²) in [5, 5.41) is 8.86. The predicted molar refractivity (Wildman–Crippen MR) is 55.2 cm³/mol. The fourth-order valence-electron chi connectivity index (χ4n) is 2.82. The van der Waals surface area contributed by atoms with Crippen molar-refractivity contribution in [3.63, 3.8) is 0 Å². The van der Waals surface area contributed by atoms with Gasteiger partial charge < -0.3 is 0 Å². The highest BCUT2D eigenvalue weighted by Gasteiger charge is 2.37. The lowest BCUT2D eigenvalue weighted by atomic mass is 9.71. The molecule has 0 saturated heterocycles. The molecule has 1 aliphatic rings. The molecule has 1 fully saturated rings. The van der Waals surface area contributed by atoms with Gasteiger partial charge in [-0.25, -0.2) is 0 Å². The summed E-state index contributed by atoms with van der Waals surface area (Å²) in [5.41, 5.74) is 0.394. The molecule has 0 amide bonds. The summed E-state index contributed by atoms with van der Waals surface area (Å²) in [6.07, 6.45) is 8.61. The van der Waals surface area contributed by atoms with E-state index in [4.69, 9.17) is 5.26 Å². The molecular formula is C12H21N. The van der Waals surface area contributed by atoms with E-state index < -0.39 is 0 Å². The van der Waals surface area contributed by atoms with E-state index in [-0.39, 0.29) is 0 Å². The van der Waals surface area contributed by atoms with Gasteiger partial charge in [-0.2, -0.15) is 5.26 Å². The van der Waals surface area contributed by atoms with Gasteiger partial charge in [-0.15, -0.1) is 0 Å². The largest absolute Gasteiger partial charge is 0.198 e. The maximum Gasteiger partial charge on any atom is 0.0627 e. The Kier molecular flexibility index (Phi) is 3.78. The van der Waals surface area contributed by atoms with Crippen molar-refractivity contribution in [1.29, 1.82) is 5.26 Å². The van der Waals surface area contributed by atoms with Gasteiger partial charge in [-0.05, 0) is 24.2 Å². The van der Waals surface area contributed by atoms with E-state index >= 15 is 0 Å². The summed E-state index contributed by atoms with van der Waals surface area (Å²) < 4.78 is 0. The SMILES string of the molecule is CCCC(C)C1(CC#N)CCCC1. The maximum atomic E-state index is 8.86. The molecule has 74 valence electrons. The summed E-state index contributed by atoms with van der Waals surface area (Å²) in [5.74, 6) is 0.750. The lowest BCUT2D eigenvalue weighted by Crippen LogP contribution is -2.25. The Morgan fingerprint density at radius 3 is 2.46 bits per heavy atom. The van der Waals surface area contributed by atoms with Crippen molar-refractivity contribution in [2.45, 2.75) is 58.8 Å². The van der Waals surface area contributed by atoms with Crippen molar-refractivity contribution in [2.75, 3.05) is 0 Å². The fourth-order valence-corrected chi connectivity index (χ4v) is 2.82. The maximum absolute atomic E-state index is 8.86. The quantitative estimate of drug-likeness (QED) is 0.642. The van der Waals surface area contributed by atoms with Crippen LogP contribution >= 0.6 is 0 Å². The second kappa shape index (κ2) is 4.65. The zero-order valence-corrected chi connectivity index (χ0v) is 8.97. The normalized spacial score (nSPS) is 22.5. The van der Waals surface area contributed by atoms with Gasteiger partial charge in [-0.1, -0.05) is 39.5 Å². The van der Waals surface area contributed by atoms with Gasteiger partial charge in [-0.3, -0.25) is 0 Å². The first kappa shape index (κ1) is 10.6. The molecule has 1 nitrogen and oxygen atoms in total. The van der Waals surface area contributed by atoms with E-state index in [2.05, 4.69) is 19.9 Å². The average Bonchev–Trinajstić information content (AvgIpc) is 2.55. The molecule has 1 saturated carbocycles. The standard InChI is InChI=1S/C12H21N/c1-3-6-11(2)12(9-10-13)7-4-5-8-12/h11H,3-9H2,1-2H3. The van der Waals surface area contributed by atoms with E-state index in [1.807, 2.05) is 0 Å². The Morgan fingerprint density at radius 2 is 2.00 bits per heavy atom. The molecule has 1 unspecified atom stereocenters. The molecule has 0 spiro atoms. The van der Waals surface area contributed by atoms with Gasteiger partial charge in [0.25, 0.3) is 0 Å². The smallest absolute Gasteiger partial charge is 0.0627 e. The van der Waals surface area contributed by atoms with Crippen molar-refractivity contribution >= 4 is 0 Å².